The van der Waals surface area contributed by atoms with Crippen molar-refractivity contribution >= 4 is 17.9 Å². The van der Waals surface area contributed by atoms with Crippen LogP contribution < -0.4 is 0 Å². The van der Waals surface area contributed by atoms with Crippen molar-refractivity contribution < 1.29 is 28.6 Å². The van der Waals surface area contributed by atoms with E-state index in [0.717, 1.165) is 64.2 Å². The van der Waals surface area contributed by atoms with Crippen molar-refractivity contribution in [3.05, 3.63) is 60.8 Å². The topological polar surface area (TPSA) is 78.9 Å². The van der Waals surface area contributed by atoms with Gasteiger partial charge in [-0.05, 0) is 70.6 Å². The highest BCUT2D eigenvalue weighted by molar-refractivity contribution is 5.71. The first kappa shape index (κ1) is 64.1. The molecule has 0 aromatic rings. The summed E-state index contributed by atoms with van der Waals surface area (Å²) in [6.45, 7) is 6.49. The molecule has 0 fully saturated rings. The van der Waals surface area contributed by atoms with Crippen LogP contribution in [0.25, 0.3) is 0 Å². The van der Waals surface area contributed by atoms with Gasteiger partial charge >= 0.3 is 17.9 Å². The fraction of sp³-hybridized carbons (Fsp3) is 0.787. The number of esters is 3. The quantitative estimate of drug-likeness (QED) is 0.0262. The Balaban J connectivity index is 4.39. The van der Waals surface area contributed by atoms with Gasteiger partial charge in [-0.25, -0.2) is 0 Å². The summed E-state index contributed by atoms with van der Waals surface area (Å²) in [4.78, 5) is 38.1. The van der Waals surface area contributed by atoms with Crippen LogP contribution in [0, 0.1) is 0 Å². The summed E-state index contributed by atoms with van der Waals surface area (Å²) >= 11 is 0. The second-order valence-electron chi connectivity index (χ2n) is 19.2. The van der Waals surface area contributed by atoms with E-state index in [0.29, 0.717) is 19.3 Å². The summed E-state index contributed by atoms with van der Waals surface area (Å²) in [5, 5.41) is 0. The Morgan fingerprint density at radius 2 is 0.612 bits per heavy atom. The highest BCUT2D eigenvalue weighted by Gasteiger charge is 2.19. The van der Waals surface area contributed by atoms with E-state index in [-0.39, 0.29) is 37.5 Å². The number of ether oxygens (including phenoxy) is 3. The maximum atomic E-state index is 12.8. The molecule has 0 bridgehead atoms. The Kier molecular flexibility index (Phi) is 53.3. The highest BCUT2D eigenvalue weighted by atomic mass is 16.6. The van der Waals surface area contributed by atoms with Crippen LogP contribution >= 0.6 is 0 Å². The van der Waals surface area contributed by atoms with Crippen LogP contribution in [0.1, 0.15) is 290 Å². The molecule has 0 aliphatic rings. The number of allylic oxidation sites excluding steroid dienone is 10. The van der Waals surface area contributed by atoms with Crippen molar-refractivity contribution in [3.63, 3.8) is 0 Å². The van der Waals surface area contributed by atoms with Crippen LogP contribution in [0.15, 0.2) is 60.8 Å². The molecule has 0 heterocycles. The van der Waals surface area contributed by atoms with E-state index in [1.54, 1.807) is 0 Å². The van der Waals surface area contributed by atoms with Gasteiger partial charge in [0.15, 0.2) is 6.10 Å². The fourth-order valence-corrected chi connectivity index (χ4v) is 8.22. The van der Waals surface area contributed by atoms with Crippen molar-refractivity contribution in [2.45, 2.75) is 297 Å². The lowest BCUT2D eigenvalue weighted by Gasteiger charge is -2.18. The third-order valence-corrected chi connectivity index (χ3v) is 12.5. The zero-order valence-electron chi connectivity index (χ0n) is 44.4. The molecule has 0 rings (SSSR count). The van der Waals surface area contributed by atoms with Crippen LogP contribution in [0.4, 0.5) is 0 Å². The minimum atomic E-state index is -0.802. The number of rotatable bonds is 52. The lowest BCUT2D eigenvalue weighted by Crippen LogP contribution is -2.30. The number of unbranched alkanes of at least 4 members (excludes halogenated alkanes) is 31. The van der Waals surface area contributed by atoms with E-state index in [4.69, 9.17) is 14.2 Å². The van der Waals surface area contributed by atoms with E-state index in [1.807, 2.05) is 6.08 Å². The molecule has 0 spiro atoms. The standard InChI is InChI=1S/C61H108O6/c1-4-7-10-13-16-19-22-25-27-29-31-33-36-39-42-45-48-51-54-60(63)66-57-58(56-65-59(62)53-50-47-44-41-38-35-24-21-18-15-12-9-6-3)67-61(64)55-52-49-46-43-40-37-34-32-30-28-26-23-20-17-14-11-8-5-2/h9,12,18,21,27,29,35,38,44,47,58H,4-8,10-11,13-17,19-20,22-26,28,30-34,36-37,39-43,45-46,48-57H2,1-3H3/b12-9-,21-18-,29-27-,38-35-,47-44-. The fourth-order valence-electron chi connectivity index (χ4n) is 8.22. The van der Waals surface area contributed by atoms with Gasteiger partial charge in [-0.2, -0.15) is 0 Å². The second kappa shape index (κ2) is 55.7. The molecule has 0 aromatic carbocycles. The zero-order chi connectivity index (χ0) is 48.6. The first-order valence-electron chi connectivity index (χ1n) is 28.8. The van der Waals surface area contributed by atoms with Gasteiger partial charge in [-0.15, -0.1) is 0 Å². The van der Waals surface area contributed by atoms with Crippen molar-refractivity contribution in [2.75, 3.05) is 13.2 Å². The normalized spacial score (nSPS) is 12.5. The van der Waals surface area contributed by atoms with E-state index >= 15 is 0 Å². The predicted molar refractivity (Wildman–Crippen MR) is 288 cm³/mol. The summed E-state index contributed by atoms with van der Waals surface area (Å²) in [7, 11) is 0. The molecular weight excluding hydrogens is 829 g/mol. The molecule has 6 heteroatoms. The van der Waals surface area contributed by atoms with Crippen molar-refractivity contribution in [1.82, 2.24) is 0 Å². The molecular formula is C61H108O6. The average molecular weight is 938 g/mol. The molecule has 0 aliphatic carbocycles. The first-order valence-corrected chi connectivity index (χ1v) is 28.8. The van der Waals surface area contributed by atoms with Crippen molar-refractivity contribution in [1.29, 1.82) is 0 Å². The zero-order valence-corrected chi connectivity index (χ0v) is 44.4. The minimum Gasteiger partial charge on any atom is -0.462 e. The van der Waals surface area contributed by atoms with Gasteiger partial charge in [0, 0.05) is 19.3 Å². The summed E-state index contributed by atoms with van der Waals surface area (Å²) in [6, 6.07) is 0. The van der Waals surface area contributed by atoms with E-state index in [1.165, 1.54) is 180 Å². The molecule has 0 N–H and O–H groups in total. The van der Waals surface area contributed by atoms with Gasteiger partial charge < -0.3 is 14.2 Å². The summed E-state index contributed by atoms with van der Waals surface area (Å²) in [6.07, 6.45) is 69.4. The molecule has 1 unspecified atom stereocenters. The third-order valence-electron chi connectivity index (χ3n) is 12.5. The van der Waals surface area contributed by atoms with Crippen LogP contribution in [0.3, 0.4) is 0 Å². The second-order valence-corrected chi connectivity index (χ2v) is 19.2. The Morgan fingerprint density at radius 3 is 1.00 bits per heavy atom. The maximum absolute atomic E-state index is 12.8. The van der Waals surface area contributed by atoms with Crippen molar-refractivity contribution in [3.8, 4) is 0 Å². The maximum Gasteiger partial charge on any atom is 0.306 e. The third kappa shape index (κ3) is 53.9. The van der Waals surface area contributed by atoms with Crippen LogP contribution in [0.5, 0.6) is 0 Å². The van der Waals surface area contributed by atoms with Gasteiger partial charge in [0.25, 0.3) is 0 Å². The number of hydrogen-bond acceptors (Lipinski definition) is 6. The molecule has 6 nitrogen and oxygen atoms in total. The first-order chi connectivity index (χ1) is 33.0. The molecule has 0 amide bonds. The Bertz CT molecular complexity index is 1210. The summed E-state index contributed by atoms with van der Waals surface area (Å²) in [5.74, 6) is -0.972. The van der Waals surface area contributed by atoms with E-state index in [2.05, 4.69) is 75.5 Å². The van der Waals surface area contributed by atoms with Crippen LogP contribution in [-0.4, -0.2) is 37.2 Å². The van der Waals surface area contributed by atoms with Gasteiger partial charge in [0.2, 0.25) is 0 Å². The van der Waals surface area contributed by atoms with Crippen LogP contribution in [0.2, 0.25) is 0 Å². The number of carbonyl (C=O) groups excluding carboxylic acids is 3. The molecule has 0 saturated heterocycles. The molecule has 0 aromatic heterocycles. The van der Waals surface area contributed by atoms with Gasteiger partial charge in [-0.1, -0.05) is 261 Å². The van der Waals surface area contributed by atoms with E-state index < -0.39 is 6.10 Å². The Hall–Kier alpha value is -2.89. The SMILES string of the molecule is CC/C=C\C/C=C\C/C=C\C/C=C\CCC(=O)OCC(COC(=O)CCCCCCCCC/C=C\CCCCCCCCC)OC(=O)CCCCCCCCCCCCCCCCCCCC. The molecule has 1 atom stereocenters. The lowest BCUT2D eigenvalue weighted by molar-refractivity contribution is -0.166. The minimum absolute atomic E-state index is 0.0959. The van der Waals surface area contributed by atoms with E-state index in [9.17, 15) is 14.4 Å². The van der Waals surface area contributed by atoms with Gasteiger partial charge in [-0.3, -0.25) is 14.4 Å². The molecule has 0 saturated carbocycles. The molecule has 0 radical (unpaired) electrons. The summed E-state index contributed by atoms with van der Waals surface area (Å²) in [5.41, 5.74) is 0. The predicted octanol–water partition coefficient (Wildman–Crippen LogP) is 19.2. The average Bonchev–Trinajstić information content (AvgIpc) is 3.33. The number of carbonyl (C=O) groups is 3. The smallest absolute Gasteiger partial charge is 0.306 e. The molecule has 67 heavy (non-hydrogen) atoms. The Morgan fingerprint density at radius 1 is 0.313 bits per heavy atom. The van der Waals surface area contributed by atoms with Gasteiger partial charge in [0.1, 0.15) is 13.2 Å². The van der Waals surface area contributed by atoms with Gasteiger partial charge in [0.05, 0.1) is 0 Å². The molecule has 388 valence electrons. The largest absolute Gasteiger partial charge is 0.462 e. The van der Waals surface area contributed by atoms with Crippen molar-refractivity contribution in [2.24, 2.45) is 0 Å². The number of hydrogen-bond donors (Lipinski definition) is 0. The Labute approximate surface area is 415 Å². The summed E-state index contributed by atoms with van der Waals surface area (Å²) < 4.78 is 16.8. The molecule has 0 aliphatic heterocycles. The monoisotopic (exact) mass is 937 g/mol. The highest BCUT2D eigenvalue weighted by Crippen LogP contribution is 2.16. The van der Waals surface area contributed by atoms with Crippen LogP contribution in [-0.2, 0) is 28.6 Å². The lowest BCUT2D eigenvalue weighted by atomic mass is 10.0.